The summed E-state index contributed by atoms with van der Waals surface area (Å²) in [7, 11) is 3.23. The van der Waals surface area contributed by atoms with Crippen LogP contribution in [0.5, 0.6) is 11.5 Å². The maximum Gasteiger partial charge on any atom is 0.255 e. The Hall–Kier alpha value is -4.66. The van der Waals surface area contributed by atoms with Crippen molar-refractivity contribution in [2.24, 2.45) is 0 Å². The van der Waals surface area contributed by atoms with E-state index in [0.717, 1.165) is 16.9 Å². The number of nitrogens with one attached hydrogen (secondary N) is 2. The van der Waals surface area contributed by atoms with Crippen LogP contribution in [0.25, 0.3) is 11.4 Å². The Labute approximate surface area is 202 Å². The van der Waals surface area contributed by atoms with Crippen molar-refractivity contribution in [1.29, 1.82) is 0 Å². The molecule has 2 aromatic carbocycles. The SMILES string of the molecule is COc1ccc([C@@H]2C(C(=O)Nc3cccnc3)=C(C)Nc3nc(-c4ccccc4OC)nn32)cc1. The summed E-state index contributed by atoms with van der Waals surface area (Å²) in [6.07, 6.45) is 3.26. The number of para-hydroxylation sites is 1. The van der Waals surface area contributed by atoms with Gasteiger partial charge in [-0.1, -0.05) is 24.3 Å². The molecule has 1 aliphatic rings. The van der Waals surface area contributed by atoms with E-state index in [1.54, 1.807) is 43.4 Å². The molecule has 0 spiro atoms. The number of carbonyl (C=O) groups excluding carboxylic acids is 1. The van der Waals surface area contributed by atoms with Crippen molar-refractivity contribution in [3.8, 4) is 22.9 Å². The number of fused-ring (bicyclic) bond motifs is 1. The maximum atomic E-state index is 13.5. The van der Waals surface area contributed by atoms with Gasteiger partial charge in [0.05, 0.1) is 37.2 Å². The Morgan fingerprint density at radius 1 is 1.03 bits per heavy atom. The second-order valence-corrected chi connectivity index (χ2v) is 7.94. The zero-order valence-electron chi connectivity index (χ0n) is 19.5. The molecule has 0 fully saturated rings. The highest BCUT2D eigenvalue weighted by Gasteiger charge is 2.34. The number of hydrogen-bond donors (Lipinski definition) is 2. The summed E-state index contributed by atoms with van der Waals surface area (Å²) in [4.78, 5) is 22.3. The molecule has 2 N–H and O–H groups in total. The van der Waals surface area contributed by atoms with E-state index in [9.17, 15) is 4.79 Å². The van der Waals surface area contributed by atoms with Crippen LogP contribution in [0.2, 0.25) is 0 Å². The molecule has 0 saturated carbocycles. The molecular formula is C26H24N6O3. The molecule has 3 heterocycles. The molecule has 2 aromatic heterocycles. The summed E-state index contributed by atoms with van der Waals surface area (Å²) in [5.74, 6) is 2.14. The van der Waals surface area contributed by atoms with E-state index < -0.39 is 6.04 Å². The average Bonchev–Trinajstić information content (AvgIpc) is 3.31. The zero-order chi connectivity index (χ0) is 24.4. The predicted octanol–water partition coefficient (Wildman–Crippen LogP) is 4.28. The van der Waals surface area contributed by atoms with Gasteiger partial charge in [-0.25, -0.2) is 4.68 Å². The van der Waals surface area contributed by atoms with Crippen molar-refractivity contribution in [2.45, 2.75) is 13.0 Å². The van der Waals surface area contributed by atoms with Crippen molar-refractivity contribution in [3.63, 3.8) is 0 Å². The van der Waals surface area contributed by atoms with E-state index in [1.807, 2.05) is 55.5 Å². The number of amides is 1. The van der Waals surface area contributed by atoms with E-state index in [1.165, 1.54) is 0 Å². The molecule has 1 aliphatic heterocycles. The van der Waals surface area contributed by atoms with Crippen LogP contribution in [0, 0.1) is 0 Å². The summed E-state index contributed by atoms with van der Waals surface area (Å²) in [6, 6.07) is 18.2. The second-order valence-electron chi connectivity index (χ2n) is 7.94. The van der Waals surface area contributed by atoms with Crippen molar-refractivity contribution < 1.29 is 14.3 Å². The van der Waals surface area contributed by atoms with Crippen LogP contribution < -0.4 is 20.1 Å². The molecule has 1 atom stereocenters. The van der Waals surface area contributed by atoms with Gasteiger partial charge in [-0.2, -0.15) is 4.98 Å². The molecule has 35 heavy (non-hydrogen) atoms. The lowest BCUT2D eigenvalue weighted by molar-refractivity contribution is -0.113. The van der Waals surface area contributed by atoms with Gasteiger partial charge in [0.2, 0.25) is 5.95 Å². The van der Waals surface area contributed by atoms with Crippen LogP contribution in [0.3, 0.4) is 0 Å². The summed E-state index contributed by atoms with van der Waals surface area (Å²) >= 11 is 0. The molecule has 9 heteroatoms. The van der Waals surface area contributed by atoms with Crippen LogP contribution in [0.4, 0.5) is 11.6 Å². The number of ether oxygens (including phenoxy) is 2. The van der Waals surface area contributed by atoms with E-state index in [0.29, 0.717) is 34.5 Å². The third-order valence-corrected chi connectivity index (χ3v) is 5.80. The van der Waals surface area contributed by atoms with E-state index in [-0.39, 0.29) is 5.91 Å². The van der Waals surface area contributed by atoms with Crippen molar-refractivity contribution in [2.75, 3.05) is 24.9 Å². The monoisotopic (exact) mass is 468 g/mol. The fourth-order valence-corrected chi connectivity index (χ4v) is 4.12. The average molecular weight is 469 g/mol. The number of carbonyl (C=O) groups is 1. The molecule has 5 rings (SSSR count). The number of aromatic nitrogens is 4. The Morgan fingerprint density at radius 2 is 1.83 bits per heavy atom. The number of anilines is 2. The highest BCUT2D eigenvalue weighted by Crippen LogP contribution is 2.38. The van der Waals surface area contributed by atoms with Gasteiger partial charge in [0.25, 0.3) is 5.91 Å². The van der Waals surface area contributed by atoms with Crippen LogP contribution in [-0.2, 0) is 4.79 Å². The first-order chi connectivity index (χ1) is 17.1. The van der Waals surface area contributed by atoms with Gasteiger partial charge in [-0.3, -0.25) is 9.78 Å². The maximum absolute atomic E-state index is 13.5. The standard InChI is InChI=1S/C26H24N6O3/c1-16-22(25(33)29-18-7-6-14-27-15-18)23(17-10-12-19(34-2)13-11-17)32-26(28-16)30-24(31-32)20-8-4-5-9-21(20)35-3/h4-15,23H,1-3H3,(H,29,33)(H,28,30,31)/t23-/m1/s1. The van der Waals surface area contributed by atoms with Crippen molar-refractivity contribution in [3.05, 3.63) is 89.9 Å². The number of pyridine rings is 1. The molecule has 4 aromatic rings. The van der Waals surface area contributed by atoms with Crippen LogP contribution in [0.15, 0.2) is 84.3 Å². The molecule has 176 valence electrons. The summed E-state index contributed by atoms with van der Waals surface area (Å²) < 4.78 is 12.6. The Morgan fingerprint density at radius 3 is 2.54 bits per heavy atom. The van der Waals surface area contributed by atoms with Crippen LogP contribution >= 0.6 is 0 Å². The first-order valence-electron chi connectivity index (χ1n) is 11.0. The van der Waals surface area contributed by atoms with Crippen LogP contribution in [0.1, 0.15) is 18.5 Å². The fraction of sp³-hybridized carbons (Fsp3) is 0.154. The van der Waals surface area contributed by atoms with Crippen molar-refractivity contribution >= 4 is 17.5 Å². The number of allylic oxidation sites excluding steroid dienone is 1. The minimum absolute atomic E-state index is 0.260. The minimum atomic E-state index is -0.523. The van der Waals surface area contributed by atoms with Gasteiger partial charge < -0.3 is 20.1 Å². The van der Waals surface area contributed by atoms with E-state index >= 15 is 0 Å². The third-order valence-electron chi connectivity index (χ3n) is 5.80. The van der Waals surface area contributed by atoms with Gasteiger partial charge in [0.15, 0.2) is 5.82 Å². The molecule has 0 aliphatic carbocycles. The molecule has 1 amide bonds. The molecule has 0 saturated heterocycles. The van der Waals surface area contributed by atoms with Crippen molar-refractivity contribution in [1.82, 2.24) is 19.7 Å². The second kappa shape index (κ2) is 9.30. The normalized spacial score (nSPS) is 14.7. The molecule has 0 unspecified atom stereocenters. The molecular weight excluding hydrogens is 444 g/mol. The summed E-state index contributed by atoms with van der Waals surface area (Å²) in [5.41, 5.74) is 3.42. The summed E-state index contributed by atoms with van der Waals surface area (Å²) in [6.45, 7) is 1.86. The Balaban J connectivity index is 1.61. The minimum Gasteiger partial charge on any atom is -0.497 e. The third kappa shape index (κ3) is 4.19. The lowest BCUT2D eigenvalue weighted by Crippen LogP contribution is -2.31. The predicted molar refractivity (Wildman–Crippen MR) is 132 cm³/mol. The largest absolute Gasteiger partial charge is 0.497 e. The highest BCUT2D eigenvalue weighted by atomic mass is 16.5. The van der Waals surface area contributed by atoms with E-state index in [4.69, 9.17) is 19.6 Å². The molecule has 0 radical (unpaired) electrons. The van der Waals surface area contributed by atoms with Gasteiger partial charge in [-0.05, 0) is 48.9 Å². The topological polar surface area (TPSA) is 103 Å². The lowest BCUT2D eigenvalue weighted by Gasteiger charge is -2.28. The van der Waals surface area contributed by atoms with E-state index in [2.05, 4.69) is 15.6 Å². The number of nitrogens with zero attached hydrogens (tertiary/aromatic N) is 4. The Kier molecular flexibility index (Phi) is 5.88. The molecule has 0 bridgehead atoms. The van der Waals surface area contributed by atoms with Gasteiger partial charge in [-0.15, -0.1) is 5.10 Å². The van der Waals surface area contributed by atoms with Crippen LogP contribution in [-0.4, -0.2) is 39.9 Å². The number of methoxy groups -OCH3 is 2. The number of rotatable bonds is 6. The summed E-state index contributed by atoms with van der Waals surface area (Å²) in [5, 5.41) is 11.0. The highest BCUT2D eigenvalue weighted by molar-refractivity contribution is 6.06. The number of benzene rings is 2. The quantitative estimate of drug-likeness (QED) is 0.435. The lowest BCUT2D eigenvalue weighted by atomic mass is 9.95. The first kappa shape index (κ1) is 22.1. The zero-order valence-corrected chi connectivity index (χ0v) is 19.5. The first-order valence-corrected chi connectivity index (χ1v) is 11.0. The fourth-order valence-electron chi connectivity index (χ4n) is 4.12. The Bertz CT molecular complexity index is 1400. The number of hydrogen-bond acceptors (Lipinski definition) is 7. The smallest absolute Gasteiger partial charge is 0.255 e. The van der Waals surface area contributed by atoms with Gasteiger partial charge >= 0.3 is 0 Å². The molecule has 9 nitrogen and oxygen atoms in total. The van der Waals surface area contributed by atoms with Gasteiger partial charge in [0, 0.05) is 11.9 Å². The van der Waals surface area contributed by atoms with Gasteiger partial charge in [0.1, 0.15) is 17.5 Å².